The van der Waals surface area contributed by atoms with E-state index >= 15 is 0 Å². The van der Waals surface area contributed by atoms with E-state index in [2.05, 4.69) is 11.5 Å². The fourth-order valence-electron chi connectivity index (χ4n) is 0. The first-order valence-electron chi connectivity index (χ1n) is 1.60. The van der Waals surface area contributed by atoms with Gasteiger partial charge in [-0.15, -0.1) is 0 Å². The maximum Gasteiger partial charge on any atom is 1.00 e. The summed E-state index contributed by atoms with van der Waals surface area (Å²) >= 11 is 0. The van der Waals surface area contributed by atoms with E-state index in [1.54, 1.807) is 0 Å². The van der Waals surface area contributed by atoms with Crippen LogP contribution >= 0.6 is 0 Å². The van der Waals surface area contributed by atoms with Crippen LogP contribution in [0.2, 0.25) is 0 Å². The fourth-order valence-corrected chi connectivity index (χ4v) is 0. The van der Waals surface area contributed by atoms with E-state index in [0.29, 0.717) is 0 Å². The molecule has 0 rings (SSSR count). The largest absolute Gasteiger partial charge is 1.00 e. The quantitative estimate of drug-likeness (QED) is 0.403. The van der Waals surface area contributed by atoms with E-state index in [4.69, 9.17) is 24.0 Å². The van der Waals surface area contributed by atoms with E-state index in [1.807, 2.05) is 0 Å². The summed E-state index contributed by atoms with van der Waals surface area (Å²) in [5.41, 5.74) is 8.50. The van der Waals surface area contributed by atoms with Gasteiger partial charge in [0.1, 0.15) is 0 Å². The van der Waals surface area contributed by atoms with Crippen LogP contribution in [0.4, 0.5) is 4.79 Å². The Morgan fingerprint density at radius 3 is 0.846 bits per heavy atom. The van der Waals surface area contributed by atoms with Gasteiger partial charge in [0.2, 0.25) is 0 Å². The first kappa shape index (κ1) is 36.0. The van der Waals surface area contributed by atoms with E-state index < -0.39 is 15.1 Å². The summed E-state index contributed by atoms with van der Waals surface area (Å²) in [6, 6.07) is -0.833. The number of nitrogens with two attached hydrogens (primary N) is 2. The van der Waals surface area contributed by atoms with Crippen molar-refractivity contribution in [1.29, 1.82) is 0 Å². The topological polar surface area (TPSA) is 161 Å². The predicted octanol–water partition coefficient (Wildman–Crippen LogP) is -18.1. The van der Waals surface area contributed by atoms with Crippen molar-refractivity contribution in [2.45, 2.75) is 0 Å². The second kappa shape index (κ2) is 20.7. The zero-order valence-corrected chi connectivity index (χ0v) is 17.2. The Balaban J connectivity index is -0.0000000146. The second-order valence-corrected chi connectivity index (χ2v) is 1.90. The molecule has 4 N–H and O–H groups in total. The molecular weight excluding hydrogens is 240 g/mol. The number of urea groups is 1. The van der Waals surface area contributed by atoms with Crippen LogP contribution in [0.25, 0.3) is 0 Å². The number of rotatable bonds is 0. The minimum Gasteiger partial charge on any atom is -0.894 e. The summed E-state index contributed by atoms with van der Waals surface area (Å²) in [7, 11) is -5.61. The van der Waals surface area contributed by atoms with Gasteiger partial charge in [-0.2, -0.15) is 0 Å². The molecule has 0 aliphatic rings. The predicted molar refractivity (Wildman–Crippen MR) is 19.5 cm³/mol. The van der Waals surface area contributed by atoms with Gasteiger partial charge < -0.3 is 39.7 Å². The monoisotopic (exact) mass is 244 g/mol. The van der Waals surface area contributed by atoms with Gasteiger partial charge in [-0.05, 0) is 0 Å². The third-order valence-corrected chi connectivity index (χ3v) is 0. The molecule has 0 heterocycles. The van der Waals surface area contributed by atoms with Crippen molar-refractivity contribution in [3.05, 3.63) is 0 Å². The molecule has 0 fully saturated rings. The molecule has 0 saturated carbocycles. The molecule has 0 bridgehead atoms. The maximum atomic E-state index is 9.00. The first-order chi connectivity index (χ1) is 3.73. The van der Waals surface area contributed by atoms with Crippen LogP contribution < -0.4 is 149 Å². The summed E-state index contributed by atoms with van der Waals surface area (Å²) in [4.78, 5) is 43.3. The van der Waals surface area contributed by atoms with Crippen molar-refractivity contribution in [3.8, 4) is 0 Å². The molecule has 0 aliphatic heterocycles. The average molecular weight is 244 g/mol. The molecule has 7 nitrogen and oxygen atoms in total. The van der Waals surface area contributed by atoms with Crippen LogP contribution in [0.5, 0.6) is 0 Å². The number of hydrogen-bond donors (Lipinski definition) is 2. The summed E-state index contributed by atoms with van der Waals surface area (Å²) in [5, 5.41) is 0. The molecule has 2 amide bonds. The minimum absolute atomic E-state index is 0. The number of amides is 2. The van der Waals surface area contributed by atoms with Crippen molar-refractivity contribution in [1.82, 2.24) is 0 Å². The Morgan fingerprint density at radius 1 is 0.846 bits per heavy atom. The minimum atomic E-state index is -5.61. The van der Waals surface area contributed by atoms with Crippen molar-refractivity contribution >= 4 is 15.1 Å². The Labute approximate surface area is 165 Å². The standard InChI is InChI=1S/CH4N2O.4Na.O4Si/c2-1(3)4;;;;;1-5(2,3)4/h(H4,2,3,4);;;;;/q;4*+1;-4. The summed E-state index contributed by atoms with van der Waals surface area (Å²) in [5.74, 6) is 0. The zero-order valence-electron chi connectivity index (χ0n) is 8.20. The smallest absolute Gasteiger partial charge is 0.894 e. The van der Waals surface area contributed by atoms with Crippen LogP contribution in [0.3, 0.4) is 0 Å². The van der Waals surface area contributed by atoms with Crippen LogP contribution in [-0.4, -0.2) is 15.1 Å². The van der Waals surface area contributed by atoms with Crippen LogP contribution in [0.1, 0.15) is 0 Å². The maximum absolute atomic E-state index is 9.00. The van der Waals surface area contributed by atoms with Gasteiger partial charge in [0, 0.05) is 0 Å². The van der Waals surface area contributed by atoms with Crippen LogP contribution in [0, 0.1) is 0 Å². The summed E-state index contributed by atoms with van der Waals surface area (Å²) < 4.78 is 0. The van der Waals surface area contributed by atoms with E-state index in [1.165, 1.54) is 0 Å². The van der Waals surface area contributed by atoms with Crippen molar-refractivity contribution in [2.75, 3.05) is 0 Å². The normalized spacial score (nSPS) is 6.46. The van der Waals surface area contributed by atoms with Gasteiger partial charge in [0.15, 0.2) is 0 Å². The Bertz CT molecular complexity index is 89.0. The number of hydrogen-bond acceptors (Lipinski definition) is 5. The van der Waals surface area contributed by atoms with Gasteiger partial charge in [-0.25, -0.2) is 4.79 Å². The molecule has 0 unspecified atom stereocenters. The molecule has 0 spiro atoms. The molecule has 0 aliphatic carbocycles. The molecule has 0 aromatic rings. The summed E-state index contributed by atoms with van der Waals surface area (Å²) in [6.07, 6.45) is 0. The Morgan fingerprint density at radius 2 is 0.846 bits per heavy atom. The van der Waals surface area contributed by atoms with E-state index in [0.717, 1.165) is 0 Å². The van der Waals surface area contributed by atoms with Crippen molar-refractivity contribution < 1.29 is 142 Å². The number of carbonyl (C=O) groups excluding carboxylic acids is 1. The third-order valence-electron chi connectivity index (χ3n) is 0. The molecule has 0 saturated heterocycles. The van der Waals surface area contributed by atoms with Gasteiger partial charge in [-0.1, -0.05) is 0 Å². The molecule has 0 aromatic carbocycles. The SMILES string of the molecule is NC(N)=O.[Na+].[Na+].[Na+].[Na+].[O-][Si]([O-])([O-])[O-]. The Kier molecular flexibility index (Phi) is 57.3. The van der Waals surface area contributed by atoms with Crippen molar-refractivity contribution in [2.24, 2.45) is 11.5 Å². The number of carbonyl (C=O) groups is 1. The first-order valence-corrected chi connectivity index (χ1v) is 3.23. The van der Waals surface area contributed by atoms with Crippen LogP contribution in [-0.2, 0) is 0 Å². The zero-order chi connectivity index (χ0) is 8.08. The fraction of sp³-hybridized carbons (Fsp3) is 0. The third kappa shape index (κ3) is 246. The molecular formula is CH4N2Na4O5Si. The van der Waals surface area contributed by atoms with Gasteiger partial charge >= 0.3 is 124 Å². The van der Waals surface area contributed by atoms with Gasteiger partial charge in [0.25, 0.3) is 0 Å². The average Bonchev–Trinajstić information content (AvgIpc) is 1.19. The van der Waals surface area contributed by atoms with Gasteiger partial charge in [0.05, 0.1) is 0 Å². The van der Waals surface area contributed by atoms with Gasteiger partial charge in [-0.3, -0.25) is 0 Å². The summed E-state index contributed by atoms with van der Waals surface area (Å²) in [6.45, 7) is 0. The van der Waals surface area contributed by atoms with Crippen molar-refractivity contribution in [3.63, 3.8) is 0 Å². The van der Waals surface area contributed by atoms with E-state index in [9.17, 15) is 0 Å². The van der Waals surface area contributed by atoms with E-state index in [-0.39, 0.29) is 118 Å². The number of primary amides is 2. The molecule has 0 radical (unpaired) electrons. The Hall–Kier alpha value is 3.33. The molecule has 12 heteroatoms. The molecule has 13 heavy (non-hydrogen) atoms. The molecule has 56 valence electrons. The van der Waals surface area contributed by atoms with Crippen LogP contribution in [0.15, 0.2) is 0 Å². The molecule has 0 atom stereocenters. The molecule has 0 aromatic heterocycles. The second-order valence-electron chi connectivity index (χ2n) is 0.902.